The van der Waals surface area contributed by atoms with Gasteiger partial charge in [-0.2, -0.15) is 0 Å². The van der Waals surface area contributed by atoms with Crippen molar-refractivity contribution in [3.05, 3.63) is 12.2 Å². The molecule has 0 N–H and O–H groups in total. The fraction of sp³-hybridized carbons (Fsp3) is 0.900. The molecule has 2 atom stereocenters. The van der Waals surface area contributed by atoms with Gasteiger partial charge in [0.2, 0.25) is 0 Å². The summed E-state index contributed by atoms with van der Waals surface area (Å²) in [5.41, 5.74) is 0.182. The van der Waals surface area contributed by atoms with Crippen LogP contribution in [0.4, 0.5) is 0 Å². The predicted octanol–water partition coefficient (Wildman–Crippen LogP) is 5.77. The van der Waals surface area contributed by atoms with Crippen LogP contribution in [0.15, 0.2) is 12.2 Å². The van der Waals surface area contributed by atoms with Crippen LogP contribution in [0.3, 0.4) is 0 Å². The minimum Gasteiger partial charge on any atom is -0.455 e. The summed E-state index contributed by atoms with van der Waals surface area (Å²) < 4.78 is 30.8. The monoisotopic (exact) mass is 504 g/mol. The third-order valence-electron chi connectivity index (χ3n) is 10.2. The molecule has 2 saturated heterocycles. The second kappa shape index (κ2) is 9.98. The molecule has 0 aromatic heterocycles. The van der Waals surface area contributed by atoms with Crippen LogP contribution in [0.1, 0.15) is 97.8 Å². The van der Waals surface area contributed by atoms with Crippen LogP contribution in [0.2, 0.25) is 0 Å². The van der Waals surface area contributed by atoms with Gasteiger partial charge in [0.05, 0.1) is 37.6 Å². The van der Waals surface area contributed by atoms with Crippen molar-refractivity contribution in [3.8, 4) is 0 Å². The Morgan fingerprint density at radius 3 is 1.64 bits per heavy atom. The van der Waals surface area contributed by atoms with Gasteiger partial charge < -0.3 is 23.7 Å². The van der Waals surface area contributed by atoms with E-state index in [-0.39, 0.29) is 17.2 Å². The minimum absolute atomic E-state index is 0.253. The van der Waals surface area contributed by atoms with Crippen LogP contribution < -0.4 is 0 Å². The van der Waals surface area contributed by atoms with Crippen LogP contribution in [0, 0.1) is 16.7 Å². The molecule has 6 nitrogen and oxygen atoms in total. The predicted molar refractivity (Wildman–Crippen MR) is 138 cm³/mol. The van der Waals surface area contributed by atoms with Gasteiger partial charge in [0, 0.05) is 48.9 Å². The van der Waals surface area contributed by atoms with Crippen molar-refractivity contribution in [2.45, 2.75) is 115 Å². The number of esters is 1. The number of rotatable bonds is 14. The van der Waals surface area contributed by atoms with Crippen molar-refractivity contribution < 1.29 is 28.5 Å². The number of carbonyl (C=O) groups is 1. The van der Waals surface area contributed by atoms with Crippen LogP contribution in [-0.2, 0) is 28.5 Å². The van der Waals surface area contributed by atoms with Crippen molar-refractivity contribution in [2.24, 2.45) is 16.7 Å². The molecule has 6 aliphatic rings. The SMILES string of the molecule is C=C(C)C(=O)OC12CC3CC(OCCCC4(CC)COC4)(CC(OCCCC4(CC)COC4)(C3)C1)C2. The van der Waals surface area contributed by atoms with Gasteiger partial charge in [-0.15, -0.1) is 0 Å². The number of hydrogen-bond donors (Lipinski definition) is 0. The lowest BCUT2D eigenvalue weighted by atomic mass is 9.50. The van der Waals surface area contributed by atoms with Crippen molar-refractivity contribution in [2.75, 3.05) is 39.6 Å². The molecule has 36 heavy (non-hydrogen) atoms. The number of ether oxygens (including phenoxy) is 5. The Morgan fingerprint density at radius 1 is 0.806 bits per heavy atom. The molecule has 204 valence electrons. The van der Waals surface area contributed by atoms with Crippen LogP contribution in [0.25, 0.3) is 0 Å². The Bertz CT molecular complexity index is 770. The Labute approximate surface area is 217 Å². The quantitative estimate of drug-likeness (QED) is 0.170. The van der Waals surface area contributed by atoms with E-state index in [1.807, 2.05) is 0 Å². The second-order valence-corrected chi connectivity index (χ2v) is 13.3. The molecule has 4 bridgehead atoms. The lowest BCUT2D eigenvalue weighted by Crippen LogP contribution is -2.68. The second-order valence-electron chi connectivity index (χ2n) is 13.3. The normalized spacial score (nSPS) is 37.2. The molecule has 6 fully saturated rings. The van der Waals surface area contributed by atoms with E-state index in [4.69, 9.17) is 23.7 Å². The van der Waals surface area contributed by atoms with E-state index >= 15 is 0 Å². The Hall–Kier alpha value is -0.950. The average Bonchev–Trinajstić information content (AvgIpc) is 2.76. The standard InChI is InChI=1S/C30H48O6/c1-5-26(19-32-20-26)9-7-11-34-28-13-24-14-29(16-28,35-12-8-10-27(6-2)21-33-22-27)18-30(15-24,17-28)36-25(31)23(3)4/h24H,3,5-22H2,1-2,4H3. The van der Waals surface area contributed by atoms with Gasteiger partial charge in [0.15, 0.2) is 0 Å². The van der Waals surface area contributed by atoms with Gasteiger partial charge in [0.25, 0.3) is 0 Å². The first-order chi connectivity index (χ1) is 17.2. The van der Waals surface area contributed by atoms with Crippen molar-refractivity contribution in [1.29, 1.82) is 0 Å². The molecule has 0 aromatic carbocycles. The molecule has 6 heteroatoms. The van der Waals surface area contributed by atoms with Crippen molar-refractivity contribution in [1.82, 2.24) is 0 Å². The molecule has 4 saturated carbocycles. The molecule has 2 unspecified atom stereocenters. The highest BCUT2D eigenvalue weighted by Gasteiger charge is 2.66. The number of carbonyl (C=O) groups excluding carboxylic acids is 1. The third-order valence-corrected chi connectivity index (χ3v) is 10.2. The molecule has 0 aromatic rings. The van der Waals surface area contributed by atoms with Gasteiger partial charge in [-0.3, -0.25) is 0 Å². The van der Waals surface area contributed by atoms with Gasteiger partial charge in [0.1, 0.15) is 5.60 Å². The highest BCUT2D eigenvalue weighted by molar-refractivity contribution is 5.87. The lowest BCUT2D eigenvalue weighted by molar-refractivity contribution is -0.284. The molecule has 0 spiro atoms. The summed E-state index contributed by atoms with van der Waals surface area (Å²) in [4.78, 5) is 12.7. The maximum atomic E-state index is 12.7. The average molecular weight is 505 g/mol. The van der Waals surface area contributed by atoms with Crippen LogP contribution in [-0.4, -0.2) is 62.4 Å². The molecule has 0 amide bonds. The number of hydrogen-bond acceptors (Lipinski definition) is 6. The fourth-order valence-corrected chi connectivity index (χ4v) is 8.20. The van der Waals surface area contributed by atoms with E-state index < -0.39 is 5.60 Å². The maximum absolute atomic E-state index is 12.7. The van der Waals surface area contributed by atoms with Crippen molar-refractivity contribution in [3.63, 3.8) is 0 Å². The highest BCUT2D eigenvalue weighted by atomic mass is 16.6. The Kier molecular flexibility index (Phi) is 7.39. The first kappa shape index (κ1) is 26.6. The maximum Gasteiger partial charge on any atom is 0.333 e. The van der Waals surface area contributed by atoms with E-state index in [0.29, 0.717) is 22.3 Å². The Balaban J connectivity index is 1.24. The molecule has 2 heterocycles. The first-order valence-corrected chi connectivity index (χ1v) is 14.5. The summed E-state index contributed by atoms with van der Waals surface area (Å²) in [7, 11) is 0. The molecular weight excluding hydrogens is 456 g/mol. The largest absolute Gasteiger partial charge is 0.455 e. The van der Waals surface area contributed by atoms with Crippen LogP contribution in [0.5, 0.6) is 0 Å². The van der Waals surface area contributed by atoms with E-state index in [1.54, 1.807) is 6.92 Å². The zero-order valence-corrected chi connectivity index (χ0v) is 23.0. The summed E-state index contributed by atoms with van der Waals surface area (Å²) >= 11 is 0. The zero-order chi connectivity index (χ0) is 25.5. The summed E-state index contributed by atoms with van der Waals surface area (Å²) in [5.74, 6) is 0.204. The van der Waals surface area contributed by atoms with Crippen molar-refractivity contribution >= 4 is 5.97 Å². The summed E-state index contributed by atoms with van der Waals surface area (Å²) in [6.45, 7) is 15.2. The van der Waals surface area contributed by atoms with Gasteiger partial charge in [-0.25, -0.2) is 4.79 Å². The topological polar surface area (TPSA) is 63.2 Å². The summed E-state index contributed by atoms with van der Waals surface area (Å²) in [6, 6.07) is 0. The van der Waals surface area contributed by atoms with Gasteiger partial charge in [-0.1, -0.05) is 20.4 Å². The molecule has 6 rings (SSSR count). The van der Waals surface area contributed by atoms with Gasteiger partial charge >= 0.3 is 5.97 Å². The van der Waals surface area contributed by atoms with E-state index in [9.17, 15) is 4.79 Å². The minimum atomic E-state index is -0.492. The smallest absolute Gasteiger partial charge is 0.333 e. The zero-order valence-electron chi connectivity index (χ0n) is 23.0. The van der Waals surface area contributed by atoms with Gasteiger partial charge in [-0.05, 0) is 70.6 Å². The molecular formula is C30H48O6. The third kappa shape index (κ3) is 5.17. The fourth-order valence-electron chi connectivity index (χ4n) is 8.20. The van der Waals surface area contributed by atoms with E-state index in [0.717, 1.165) is 104 Å². The summed E-state index contributed by atoms with van der Waals surface area (Å²) in [5, 5.41) is 0. The summed E-state index contributed by atoms with van der Waals surface area (Å²) in [6.07, 6.45) is 12.3. The Morgan fingerprint density at radius 2 is 1.25 bits per heavy atom. The van der Waals surface area contributed by atoms with Crippen LogP contribution >= 0.6 is 0 Å². The first-order valence-electron chi connectivity index (χ1n) is 14.5. The van der Waals surface area contributed by atoms with E-state index in [1.165, 1.54) is 12.8 Å². The molecule has 0 radical (unpaired) electrons. The molecule has 4 aliphatic carbocycles. The highest BCUT2D eigenvalue weighted by Crippen LogP contribution is 2.63. The lowest BCUT2D eigenvalue weighted by Gasteiger charge is -2.64. The van der Waals surface area contributed by atoms with E-state index in [2.05, 4.69) is 20.4 Å². The molecule has 2 aliphatic heterocycles.